The monoisotopic (exact) mass is 350 g/mol. The summed E-state index contributed by atoms with van der Waals surface area (Å²) in [6.07, 6.45) is -4.06. The van der Waals surface area contributed by atoms with Crippen molar-refractivity contribution >= 4 is 5.91 Å². The third kappa shape index (κ3) is 5.22. The van der Waals surface area contributed by atoms with Crippen LogP contribution in [-0.4, -0.2) is 60.0 Å². The van der Waals surface area contributed by atoms with Crippen LogP contribution in [-0.2, 0) is 25.6 Å². The van der Waals surface area contributed by atoms with Crippen molar-refractivity contribution in [2.45, 2.75) is 44.2 Å². The fourth-order valence-electron chi connectivity index (χ4n) is 2.68. The highest BCUT2D eigenvalue weighted by molar-refractivity contribution is 5.73. The number of amides is 1. The maximum atomic E-state index is 11.5. The van der Waals surface area contributed by atoms with Crippen LogP contribution in [0, 0.1) is 11.3 Å². The number of aliphatic hydroxyl groups is 2. The van der Waals surface area contributed by atoms with E-state index < -0.39 is 37.3 Å². The van der Waals surface area contributed by atoms with Crippen molar-refractivity contribution in [3.05, 3.63) is 35.9 Å². The summed E-state index contributed by atoms with van der Waals surface area (Å²) in [5, 5.41) is 31.1. The number of aliphatic hydroxyl groups excluding tert-OH is 2. The normalized spacial score (nSPS) is 29.0. The lowest BCUT2D eigenvalue weighted by Crippen LogP contribution is -2.65. The molecule has 0 radical (unpaired) electrons. The van der Waals surface area contributed by atoms with Gasteiger partial charge in [0.15, 0.2) is 6.29 Å². The molecule has 1 aromatic rings. The molecule has 1 heterocycles. The van der Waals surface area contributed by atoms with Crippen molar-refractivity contribution in [1.29, 1.82) is 5.26 Å². The zero-order chi connectivity index (χ0) is 18.2. The van der Waals surface area contributed by atoms with Crippen LogP contribution in [0.15, 0.2) is 30.3 Å². The number of hydrogen-bond acceptors (Lipinski definition) is 7. The maximum Gasteiger partial charge on any atom is 0.217 e. The van der Waals surface area contributed by atoms with Crippen molar-refractivity contribution in [2.75, 3.05) is 13.2 Å². The van der Waals surface area contributed by atoms with Crippen LogP contribution < -0.4 is 5.32 Å². The second-order valence-corrected chi connectivity index (χ2v) is 5.67. The maximum absolute atomic E-state index is 11.5. The Morgan fingerprint density at radius 3 is 2.68 bits per heavy atom. The number of nitrogens with one attached hydrogen (secondary N) is 1. The number of carbonyl (C=O) groups is 1. The van der Waals surface area contributed by atoms with Gasteiger partial charge in [0, 0.05) is 6.92 Å². The van der Waals surface area contributed by atoms with Crippen LogP contribution in [0.4, 0.5) is 0 Å². The molecule has 0 aliphatic carbocycles. The molecule has 0 spiro atoms. The fourth-order valence-corrected chi connectivity index (χ4v) is 2.68. The molecule has 3 N–H and O–H groups in total. The molecule has 1 aliphatic heterocycles. The van der Waals surface area contributed by atoms with Gasteiger partial charge in [-0.1, -0.05) is 30.3 Å². The van der Waals surface area contributed by atoms with Gasteiger partial charge in [0.25, 0.3) is 0 Å². The van der Waals surface area contributed by atoms with Gasteiger partial charge in [-0.15, -0.1) is 0 Å². The van der Waals surface area contributed by atoms with Gasteiger partial charge in [-0.25, -0.2) is 0 Å². The minimum Gasteiger partial charge on any atom is -0.394 e. The molecule has 136 valence electrons. The number of carbonyl (C=O) groups excluding carboxylic acids is 1. The summed E-state index contributed by atoms with van der Waals surface area (Å²) >= 11 is 0. The van der Waals surface area contributed by atoms with Gasteiger partial charge in [0.05, 0.1) is 19.3 Å². The Balaban J connectivity index is 2.16. The Kier molecular flexibility index (Phi) is 7.31. The molecule has 8 nitrogen and oxygen atoms in total. The molecule has 2 rings (SSSR count). The minimum absolute atomic E-state index is 0.209. The first-order chi connectivity index (χ1) is 12.1. The summed E-state index contributed by atoms with van der Waals surface area (Å²) < 4.78 is 16.7. The van der Waals surface area contributed by atoms with Crippen LogP contribution in [0.1, 0.15) is 12.5 Å². The second kappa shape index (κ2) is 9.46. The Labute approximate surface area is 145 Å². The number of hydrogen-bond donors (Lipinski definition) is 3. The van der Waals surface area contributed by atoms with Crippen molar-refractivity contribution < 1.29 is 29.2 Å². The van der Waals surface area contributed by atoms with E-state index in [1.165, 1.54) is 6.92 Å². The average Bonchev–Trinajstić information content (AvgIpc) is 2.61. The first-order valence-corrected chi connectivity index (χ1v) is 7.92. The van der Waals surface area contributed by atoms with E-state index >= 15 is 0 Å². The number of nitrogens with zero attached hydrogens (tertiary/aromatic N) is 1. The standard InChI is InChI=1S/C17H22N2O6/c1-11(21)19-14-16(23-8-7-18)15(22)13(9-20)25-17(14)24-10-12-5-3-2-4-6-12/h2-6,13-17,20,22H,8-10H2,1H3,(H,19,21)/t13-,14-,15+,16+,17+/m0/s1. The van der Waals surface area contributed by atoms with Gasteiger partial charge < -0.3 is 29.7 Å². The molecular weight excluding hydrogens is 328 g/mol. The van der Waals surface area contributed by atoms with Crippen molar-refractivity contribution in [1.82, 2.24) is 5.32 Å². The van der Waals surface area contributed by atoms with Crippen molar-refractivity contribution in [2.24, 2.45) is 0 Å². The zero-order valence-corrected chi connectivity index (χ0v) is 13.9. The average molecular weight is 350 g/mol. The Morgan fingerprint density at radius 2 is 2.08 bits per heavy atom. The summed E-state index contributed by atoms with van der Waals surface area (Å²) in [6, 6.07) is 10.4. The van der Waals surface area contributed by atoms with Gasteiger partial charge >= 0.3 is 0 Å². The number of ether oxygens (including phenoxy) is 3. The van der Waals surface area contributed by atoms with Crippen LogP contribution in [0.5, 0.6) is 0 Å². The molecule has 8 heteroatoms. The molecule has 0 aromatic heterocycles. The lowest BCUT2D eigenvalue weighted by molar-refractivity contribution is -0.278. The molecule has 1 saturated heterocycles. The van der Waals surface area contributed by atoms with Crippen LogP contribution >= 0.6 is 0 Å². The van der Waals surface area contributed by atoms with Gasteiger partial charge in [-0.2, -0.15) is 5.26 Å². The van der Waals surface area contributed by atoms with Gasteiger partial charge in [-0.3, -0.25) is 4.79 Å². The third-order valence-corrected chi connectivity index (χ3v) is 3.82. The molecule has 1 aliphatic rings. The van der Waals surface area contributed by atoms with E-state index in [1.54, 1.807) is 0 Å². The van der Waals surface area contributed by atoms with Gasteiger partial charge in [0.1, 0.15) is 31.0 Å². The molecule has 0 bridgehead atoms. The Bertz CT molecular complexity index is 591. The number of rotatable bonds is 7. The first-order valence-electron chi connectivity index (χ1n) is 7.92. The fraction of sp³-hybridized carbons (Fsp3) is 0.529. The number of nitriles is 1. The zero-order valence-electron chi connectivity index (χ0n) is 13.9. The van der Waals surface area contributed by atoms with Gasteiger partial charge in [-0.05, 0) is 5.56 Å². The largest absolute Gasteiger partial charge is 0.394 e. The molecular formula is C17H22N2O6. The van der Waals surface area contributed by atoms with Crippen molar-refractivity contribution in [3.8, 4) is 6.07 Å². The summed E-state index contributed by atoms with van der Waals surface area (Å²) in [5.41, 5.74) is 0.897. The van der Waals surface area contributed by atoms with E-state index in [0.29, 0.717) is 0 Å². The molecule has 0 saturated carbocycles. The second-order valence-electron chi connectivity index (χ2n) is 5.67. The van der Waals surface area contributed by atoms with Crippen LogP contribution in [0.3, 0.4) is 0 Å². The lowest BCUT2D eigenvalue weighted by atomic mass is 9.96. The predicted molar refractivity (Wildman–Crippen MR) is 85.9 cm³/mol. The topological polar surface area (TPSA) is 121 Å². The smallest absolute Gasteiger partial charge is 0.217 e. The van der Waals surface area contributed by atoms with Crippen molar-refractivity contribution in [3.63, 3.8) is 0 Å². The molecule has 25 heavy (non-hydrogen) atoms. The van der Waals surface area contributed by atoms with Gasteiger partial charge in [0.2, 0.25) is 5.91 Å². The minimum atomic E-state index is -1.22. The molecule has 1 aromatic carbocycles. The lowest BCUT2D eigenvalue weighted by Gasteiger charge is -2.43. The Hall–Kier alpha value is -2.02. The predicted octanol–water partition coefficient (Wildman–Crippen LogP) is -0.305. The first kappa shape index (κ1) is 19.3. The molecule has 5 atom stereocenters. The summed E-state index contributed by atoms with van der Waals surface area (Å²) in [7, 11) is 0. The van der Waals surface area contributed by atoms with E-state index in [4.69, 9.17) is 19.5 Å². The SMILES string of the molecule is CC(=O)N[C@@H]1[C@H](OCc2ccccc2)O[C@@H](CO)[C@@H](O)[C@@H]1OCC#N. The summed E-state index contributed by atoms with van der Waals surface area (Å²) in [4.78, 5) is 11.5. The highest BCUT2D eigenvalue weighted by Gasteiger charge is 2.46. The van der Waals surface area contributed by atoms with E-state index in [9.17, 15) is 15.0 Å². The molecule has 1 fully saturated rings. The highest BCUT2D eigenvalue weighted by Crippen LogP contribution is 2.25. The van der Waals surface area contributed by atoms with E-state index in [0.717, 1.165) is 5.56 Å². The molecule has 0 unspecified atom stereocenters. The number of benzene rings is 1. The van der Waals surface area contributed by atoms with E-state index in [1.807, 2.05) is 36.4 Å². The highest BCUT2D eigenvalue weighted by atomic mass is 16.7. The van der Waals surface area contributed by atoms with E-state index in [2.05, 4.69) is 5.32 Å². The summed E-state index contributed by atoms with van der Waals surface area (Å²) in [6.45, 7) is 0.799. The van der Waals surface area contributed by atoms with E-state index in [-0.39, 0.29) is 19.1 Å². The quantitative estimate of drug-likeness (QED) is 0.617. The van der Waals surface area contributed by atoms with Crippen LogP contribution in [0.25, 0.3) is 0 Å². The summed E-state index contributed by atoms with van der Waals surface area (Å²) in [5.74, 6) is -0.359. The third-order valence-electron chi connectivity index (χ3n) is 3.82. The Morgan fingerprint density at radius 1 is 1.36 bits per heavy atom. The molecule has 1 amide bonds. The van der Waals surface area contributed by atoms with Crippen LogP contribution in [0.2, 0.25) is 0 Å².